The van der Waals surface area contributed by atoms with Crippen molar-refractivity contribution in [2.45, 2.75) is 39.7 Å². The molecule has 23 heavy (non-hydrogen) atoms. The maximum atomic E-state index is 12.1. The van der Waals surface area contributed by atoms with Crippen molar-refractivity contribution in [3.05, 3.63) is 34.6 Å². The largest absolute Gasteiger partial charge is 0.467 e. The zero-order valence-corrected chi connectivity index (χ0v) is 14.8. The molecule has 0 unspecified atom stereocenters. The lowest BCUT2D eigenvalue weighted by molar-refractivity contribution is -0.149. The highest BCUT2D eigenvalue weighted by Gasteiger charge is 2.30. The van der Waals surface area contributed by atoms with Gasteiger partial charge in [-0.3, -0.25) is 9.36 Å². The third-order valence-electron chi connectivity index (χ3n) is 3.49. The van der Waals surface area contributed by atoms with Crippen molar-refractivity contribution in [3.8, 4) is 5.13 Å². The molecule has 2 aromatic rings. The molecule has 6 nitrogen and oxygen atoms in total. The van der Waals surface area contributed by atoms with Crippen molar-refractivity contribution >= 4 is 23.2 Å². The summed E-state index contributed by atoms with van der Waals surface area (Å²) < 4.78 is 6.72. The summed E-state index contributed by atoms with van der Waals surface area (Å²) in [4.78, 5) is 28.2. The van der Waals surface area contributed by atoms with E-state index in [0.717, 1.165) is 16.5 Å². The smallest absolute Gasteiger partial charge is 0.330 e. The highest BCUT2D eigenvalue weighted by Crippen LogP contribution is 2.20. The Labute approximate surface area is 139 Å². The number of amides is 1. The van der Waals surface area contributed by atoms with Gasteiger partial charge in [0.15, 0.2) is 5.13 Å². The zero-order chi connectivity index (χ0) is 17.2. The molecule has 0 aliphatic heterocycles. The second kappa shape index (κ2) is 6.54. The number of methoxy groups -OCH3 is 1. The molecule has 0 saturated heterocycles. The van der Waals surface area contributed by atoms with Crippen LogP contribution in [0, 0.1) is 13.8 Å². The van der Waals surface area contributed by atoms with Gasteiger partial charge in [-0.1, -0.05) is 0 Å². The first-order valence-electron chi connectivity index (χ1n) is 7.23. The minimum atomic E-state index is -1.06. The third-order valence-corrected chi connectivity index (χ3v) is 4.37. The van der Waals surface area contributed by atoms with Gasteiger partial charge in [0.05, 0.1) is 19.2 Å². The summed E-state index contributed by atoms with van der Waals surface area (Å²) in [5, 5.41) is 5.36. The van der Waals surface area contributed by atoms with E-state index in [-0.39, 0.29) is 12.3 Å². The first-order chi connectivity index (χ1) is 10.7. The maximum absolute atomic E-state index is 12.1. The summed E-state index contributed by atoms with van der Waals surface area (Å²) in [5.74, 6) is -0.749. The van der Waals surface area contributed by atoms with Crippen molar-refractivity contribution in [1.82, 2.24) is 14.9 Å². The molecule has 0 aromatic carbocycles. The number of carbonyl (C=O) groups is 2. The Kier molecular flexibility index (Phi) is 4.89. The first kappa shape index (κ1) is 17.2. The van der Waals surface area contributed by atoms with Crippen LogP contribution < -0.4 is 5.32 Å². The molecule has 0 radical (unpaired) electrons. The molecule has 0 aliphatic rings. The lowest BCUT2D eigenvalue weighted by Crippen LogP contribution is -2.50. The van der Waals surface area contributed by atoms with Gasteiger partial charge >= 0.3 is 5.97 Å². The van der Waals surface area contributed by atoms with E-state index in [1.807, 2.05) is 35.9 Å². The van der Waals surface area contributed by atoms with Crippen LogP contribution >= 0.6 is 11.3 Å². The number of nitrogens with zero attached hydrogens (tertiary/aromatic N) is 2. The number of rotatable bonds is 5. The number of ether oxygens (including phenoxy) is 1. The van der Waals surface area contributed by atoms with Crippen LogP contribution in [0.5, 0.6) is 0 Å². The fourth-order valence-corrected chi connectivity index (χ4v) is 3.25. The number of aromatic nitrogens is 2. The van der Waals surface area contributed by atoms with Crippen LogP contribution in [0.1, 0.15) is 30.9 Å². The van der Waals surface area contributed by atoms with E-state index in [1.54, 1.807) is 13.8 Å². The van der Waals surface area contributed by atoms with Crippen LogP contribution in [0.4, 0.5) is 0 Å². The predicted octanol–water partition coefficient (Wildman–Crippen LogP) is 2.16. The fourth-order valence-electron chi connectivity index (χ4n) is 2.31. The lowest BCUT2D eigenvalue weighted by atomic mass is 10.1. The van der Waals surface area contributed by atoms with Gasteiger partial charge in [0.25, 0.3) is 0 Å². The van der Waals surface area contributed by atoms with Gasteiger partial charge in [0, 0.05) is 16.8 Å². The molecule has 2 heterocycles. The number of carbonyl (C=O) groups excluding carboxylic acids is 2. The van der Waals surface area contributed by atoms with Gasteiger partial charge in [-0.25, -0.2) is 9.78 Å². The number of hydrogen-bond acceptors (Lipinski definition) is 5. The highest BCUT2D eigenvalue weighted by atomic mass is 32.1. The van der Waals surface area contributed by atoms with Crippen LogP contribution in [0.3, 0.4) is 0 Å². The van der Waals surface area contributed by atoms with E-state index in [9.17, 15) is 9.59 Å². The number of hydrogen-bond donors (Lipinski definition) is 1. The number of esters is 1. The van der Waals surface area contributed by atoms with E-state index < -0.39 is 11.5 Å². The Balaban J connectivity index is 2.08. The summed E-state index contributed by atoms with van der Waals surface area (Å²) in [7, 11) is 1.30. The summed E-state index contributed by atoms with van der Waals surface area (Å²) in [6.07, 6.45) is 0.121. The Bertz CT molecular complexity index is 711. The minimum absolute atomic E-state index is 0.121. The van der Waals surface area contributed by atoms with Crippen molar-refractivity contribution < 1.29 is 14.3 Å². The average molecular weight is 335 g/mol. The lowest BCUT2D eigenvalue weighted by Gasteiger charge is -2.22. The molecule has 0 saturated carbocycles. The van der Waals surface area contributed by atoms with E-state index >= 15 is 0 Å². The summed E-state index contributed by atoms with van der Waals surface area (Å²) in [6.45, 7) is 7.24. The van der Waals surface area contributed by atoms with Crippen molar-refractivity contribution in [2.24, 2.45) is 0 Å². The van der Waals surface area contributed by atoms with E-state index in [0.29, 0.717) is 5.69 Å². The maximum Gasteiger partial charge on any atom is 0.330 e. The monoisotopic (exact) mass is 335 g/mol. The van der Waals surface area contributed by atoms with Gasteiger partial charge in [0.2, 0.25) is 5.91 Å². The number of thiazole rings is 1. The quantitative estimate of drug-likeness (QED) is 0.850. The van der Waals surface area contributed by atoms with Gasteiger partial charge < -0.3 is 10.1 Å². The molecule has 0 fully saturated rings. The molecule has 1 amide bonds. The molecule has 2 aromatic heterocycles. The van der Waals surface area contributed by atoms with Gasteiger partial charge in [-0.05, 0) is 39.8 Å². The standard InChI is InChI=1S/C16H21N3O3S/c1-10-6-7-11(2)19(10)15-17-12(9-23-15)8-13(20)18-16(3,4)14(21)22-5/h6-7,9H,8H2,1-5H3,(H,18,20). The van der Waals surface area contributed by atoms with Crippen LogP contribution in [-0.2, 0) is 20.7 Å². The Morgan fingerprint density at radius 3 is 2.48 bits per heavy atom. The summed E-state index contributed by atoms with van der Waals surface area (Å²) in [6, 6.07) is 4.06. The highest BCUT2D eigenvalue weighted by molar-refractivity contribution is 7.12. The molecule has 0 spiro atoms. The molecule has 2 rings (SSSR count). The van der Waals surface area contributed by atoms with Gasteiger partial charge in [-0.2, -0.15) is 0 Å². The molecule has 0 aliphatic carbocycles. The zero-order valence-electron chi connectivity index (χ0n) is 14.0. The Morgan fingerprint density at radius 1 is 1.30 bits per heavy atom. The number of nitrogens with one attached hydrogen (secondary N) is 1. The SMILES string of the molecule is COC(=O)C(C)(C)NC(=O)Cc1csc(-n2c(C)ccc2C)n1. The van der Waals surface area contributed by atoms with Gasteiger partial charge in [-0.15, -0.1) is 11.3 Å². The van der Waals surface area contributed by atoms with Crippen LogP contribution in [0.15, 0.2) is 17.5 Å². The van der Waals surface area contributed by atoms with E-state index in [4.69, 9.17) is 0 Å². The summed E-state index contributed by atoms with van der Waals surface area (Å²) in [5.41, 5.74) is 1.81. The van der Waals surface area contributed by atoms with Crippen molar-refractivity contribution in [2.75, 3.05) is 7.11 Å². The normalized spacial score (nSPS) is 11.3. The minimum Gasteiger partial charge on any atom is -0.467 e. The molecule has 124 valence electrons. The third kappa shape index (κ3) is 3.79. The second-order valence-corrected chi connectivity index (χ2v) is 6.75. The van der Waals surface area contributed by atoms with Crippen LogP contribution in [0.2, 0.25) is 0 Å². The van der Waals surface area contributed by atoms with Gasteiger partial charge in [0.1, 0.15) is 5.54 Å². The second-order valence-electron chi connectivity index (χ2n) is 5.91. The predicted molar refractivity (Wildman–Crippen MR) is 88.9 cm³/mol. The first-order valence-corrected chi connectivity index (χ1v) is 8.11. The van der Waals surface area contributed by atoms with Crippen molar-refractivity contribution in [1.29, 1.82) is 0 Å². The van der Waals surface area contributed by atoms with Crippen LogP contribution in [0.25, 0.3) is 5.13 Å². The molecule has 1 N–H and O–H groups in total. The van der Waals surface area contributed by atoms with Crippen molar-refractivity contribution in [3.63, 3.8) is 0 Å². The van der Waals surface area contributed by atoms with E-state index in [1.165, 1.54) is 18.4 Å². The molecular weight excluding hydrogens is 314 g/mol. The molecule has 7 heteroatoms. The molecular formula is C16H21N3O3S. The molecule has 0 atom stereocenters. The Hall–Kier alpha value is -2.15. The Morgan fingerprint density at radius 2 is 1.91 bits per heavy atom. The van der Waals surface area contributed by atoms with Crippen LogP contribution in [-0.4, -0.2) is 34.1 Å². The molecule has 0 bridgehead atoms. The van der Waals surface area contributed by atoms with E-state index in [2.05, 4.69) is 15.0 Å². The summed E-state index contributed by atoms with van der Waals surface area (Å²) >= 11 is 1.49. The average Bonchev–Trinajstić information content (AvgIpc) is 3.03. The number of aryl methyl sites for hydroxylation is 2. The topological polar surface area (TPSA) is 73.2 Å². The fraction of sp³-hybridized carbons (Fsp3) is 0.438.